The molecule has 1 atom stereocenters. The maximum Gasteiger partial charge on any atom is 0.253 e. The Morgan fingerprint density at radius 3 is 3.00 bits per heavy atom. The number of aryl methyl sites for hydroxylation is 1. The van der Waals surface area contributed by atoms with Crippen molar-refractivity contribution in [2.45, 2.75) is 51.3 Å². The molecule has 2 amide bonds. The van der Waals surface area contributed by atoms with Crippen molar-refractivity contribution in [3.63, 3.8) is 0 Å². The lowest BCUT2D eigenvalue weighted by Gasteiger charge is -2.29. The zero-order valence-electron chi connectivity index (χ0n) is 15.8. The average Bonchev–Trinajstić information content (AvgIpc) is 3.41. The van der Waals surface area contributed by atoms with Crippen LogP contribution in [0.4, 0.5) is 5.69 Å². The van der Waals surface area contributed by atoms with Crippen molar-refractivity contribution < 1.29 is 14.3 Å². The molecule has 1 N–H and O–H groups in total. The molecule has 1 aromatic heterocycles. The van der Waals surface area contributed by atoms with E-state index in [1.807, 2.05) is 23.1 Å². The van der Waals surface area contributed by atoms with Crippen LogP contribution in [-0.2, 0) is 33.8 Å². The molecular formula is C20H25N5O3. The van der Waals surface area contributed by atoms with Gasteiger partial charge in [0, 0.05) is 38.3 Å². The summed E-state index contributed by atoms with van der Waals surface area (Å²) in [5.74, 6) is 0.0638. The van der Waals surface area contributed by atoms with E-state index < -0.39 is 0 Å². The maximum absolute atomic E-state index is 12.6. The third kappa shape index (κ3) is 4.39. The highest BCUT2D eigenvalue weighted by atomic mass is 16.5. The topological polar surface area (TPSA) is 89.4 Å². The number of nitrogens with zero attached hydrogens (tertiary/aromatic N) is 4. The van der Waals surface area contributed by atoms with Crippen molar-refractivity contribution in [2.75, 3.05) is 18.5 Å². The van der Waals surface area contributed by atoms with Crippen LogP contribution in [-0.4, -0.2) is 50.7 Å². The molecule has 8 nitrogen and oxygen atoms in total. The second kappa shape index (κ2) is 8.52. The van der Waals surface area contributed by atoms with Gasteiger partial charge in [-0.2, -0.15) is 5.10 Å². The summed E-state index contributed by atoms with van der Waals surface area (Å²) in [4.78, 5) is 30.6. The van der Waals surface area contributed by atoms with Crippen molar-refractivity contribution >= 4 is 17.5 Å². The first-order valence-corrected chi connectivity index (χ1v) is 9.83. The van der Waals surface area contributed by atoms with Gasteiger partial charge in [-0.1, -0.05) is 6.07 Å². The summed E-state index contributed by atoms with van der Waals surface area (Å²) in [7, 11) is 0. The Morgan fingerprint density at radius 2 is 2.21 bits per heavy atom. The average molecular weight is 383 g/mol. The number of rotatable bonds is 6. The Kier molecular flexibility index (Phi) is 5.66. The number of amides is 2. The third-order valence-corrected chi connectivity index (χ3v) is 5.31. The van der Waals surface area contributed by atoms with E-state index >= 15 is 0 Å². The van der Waals surface area contributed by atoms with Gasteiger partial charge in [0.25, 0.3) is 5.91 Å². The van der Waals surface area contributed by atoms with E-state index in [0.717, 1.165) is 43.5 Å². The highest BCUT2D eigenvalue weighted by molar-refractivity contribution is 5.94. The Morgan fingerprint density at radius 1 is 1.29 bits per heavy atom. The summed E-state index contributed by atoms with van der Waals surface area (Å²) >= 11 is 0. The molecule has 1 unspecified atom stereocenters. The van der Waals surface area contributed by atoms with Crippen LogP contribution in [0.2, 0.25) is 0 Å². The summed E-state index contributed by atoms with van der Waals surface area (Å²) in [6, 6.07) is 5.96. The van der Waals surface area contributed by atoms with E-state index in [-0.39, 0.29) is 17.9 Å². The van der Waals surface area contributed by atoms with Gasteiger partial charge in [0.2, 0.25) is 5.91 Å². The molecule has 8 heteroatoms. The summed E-state index contributed by atoms with van der Waals surface area (Å²) in [6.45, 7) is 2.66. The molecule has 2 aliphatic heterocycles. The molecule has 1 saturated heterocycles. The molecule has 4 rings (SSSR count). The van der Waals surface area contributed by atoms with E-state index in [1.54, 1.807) is 11.0 Å². The molecule has 3 heterocycles. The lowest BCUT2D eigenvalue weighted by atomic mass is 9.98. The molecule has 2 aliphatic rings. The largest absolute Gasteiger partial charge is 0.368 e. The quantitative estimate of drug-likeness (QED) is 0.821. The molecule has 0 spiro atoms. The number of fused-ring (bicyclic) bond motifs is 1. The van der Waals surface area contributed by atoms with Crippen LogP contribution in [0, 0.1) is 0 Å². The summed E-state index contributed by atoms with van der Waals surface area (Å²) in [5, 5.41) is 7.00. The summed E-state index contributed by atoms with van der Waals surface area (Å²) < 4.78 is 7.18. The number of hydrogen-bond acceptors (Lipinski definition) is 5. The second-order valence-electron chi connectivity index (χ2n) is 7.30. The van der Waals surface area contributed by atoms with Crippen molar-refractivity contribution in [3.05, 3.63) is 42.0 Å². The molecule has 0 aliphatic carbocycles. The number of carbonyl (C=O) groups excluding carboxylic acids is 2. The number of aromatic nitrogens is 3. The van der Waals surface area contributed by atoms with Crippen LogP contribution in [0.5, 0.6) is 0 Å². The van der Waals surface area contributed by atoms with Crippen molar-refractivity contribution in [2.24, 2.45) is 0 Å². The Balaban J connectivity index is 1.32. The lowest BCUT2D eigenvalue weighted by molar-refractivity contribution is -0.132. The zero-order chi connectivity index (χ0) is 19.3. The minimum absolute atomic E-state index is 0.0886. The number of ether oxygens (including phenoxy) is 1. The third-order valence-electron chi connectivity index (χ3n) is 5.31. The van der Waals surface area contributed by atoms with Gasteiger partial charge in [-0.3, -0.25) is 14.3 Å². The molecule has 1 aromatic carbocycles. The number of nitrogens with one attached hydrogen (secondary N) is 1. The van der Waals surface area contributed by atoms with Crippen LogP contribution in [0.15, 0.2) is 30.9 Å². The SMILES string of the molecule is O=C(Nc1ccc2c(c1)CN(C(=O)CCCn1cncn1)CC2)C1CCCO1. The predicted molar refractivity (Wildman–Crippen MR) is 102 cm³/mol. The lowest BCUT2D eigenvalue weighted by Crippen LogP contribution is -2.36. The first-order valence-electron chi connectivity index (χ1n) is 9.83. The number of anilines is 1. The van der Waals surface area contributed by atoms with Crippen molar-refractivity contribution in [3.8, 4) is 0 Å². The second-order valence-corrected chi connectivity index (χ2v) is 7.30. The van der Waals surface area contributed by atoms with E-state index in [0.29, 0.717) is 26.1 Å². The number of hydrogen-bond donors (Lipinski definition) is 1. The first kappa shape index (κ1) is 18.6. The van der Waals surface area contributed by atoms with Gasteiger partial charge in [0.1, 0.15) is 18.8 Å². The molecule has 0 bridgehead atoms. The Bertz CT molecular complexity index is 830. The van der Waals surface area contributed by atoms with Gasteiger partial charge in [-0.25, -0.2) is 4.98 Å². The van der Waals surface area contributed by atoms with Crippen LogP contribution in [0.3, 0.4) is 0 Å². The van der Waals surface area contributed by atoms with Gasteiger partial charge in [0.15, 0.2) is 0 Å². The maximum atomic E-state index is 12.6. The van der Waals surface area contributed by atoms with E-state index in [9.17, 15) is 9.59 Å². The molecular weight excluding hydrogens is 358 g/mol. The molecule has 2 aromatic rings. The normalized spacial score (nSPS) is 18.7. The Labute approximate surface area is 163 Å². The fourth-order valence-corrected chi connectivity index (χ4v) is 3.75. The Hall–Kier alpha value is -2.74. The fraction of sp³-hybridized carbons (Fsp3) is 0.500. The fourth-order valence-electron chi connectivity index (χ4n) is 3.75. The summed E-state index contributed by atoms with van der Waals surface area (Å²) in [6.07, 6.45) is 6.58. The van der Waals surface area contributed by atoms with Crippen molar-refractivity contribution in [1.29, 1.82) is 0 Å². The molecule has 1 fully saturated rings. The van der Waals surface area contributed by atoms with Gasteiger partial charge < -0.3 is 15.0 Å². The molecule has 0 radical (unpaired) electrons. The monoisotopic (exact) mass is 383 g/mol. The smallest absolute Gasteiger partial charge is 0.253 e. The van der Waals surface area contributed by atoms with Crippen LogP contribution >= 0.6 is 0 Å². The van der Waals surface area contributed by atoms with Crippen LogP contribution in [0.1, 0.15) is 36.8 Å². The number of benzene rings is 1. The van der Waals surface area contributed by atoms with Crippen LogP contribution in [0.25, 0.3) is 0 Å². The molecule has 0 saturated carbocycles. The molecule has 28 heavy (non-hydrogen) atoms. The first-order chi connectivity index (χ1) is 13.7. The highest BCUT2D eigenvalue weighted by Crippen LogP contribution is 2.24. The standard InChI is InChI=1S/C20H25N5O3/c26-19(4-1-8-25-14-21-13-22-25)24-9-7-15-5-6-17(11-16(15)12-24)23-20(27)18-3-2-10-28-18/h5-6,11,13-14,18H,1-4,7-10,12H2,(H,23,27). The predicted octanol–water partition coefficient (Wildman–Crippen LogP) is 1.76. The highest BCUT2D eigenvalue weighted by Gasteiger charge is 2.24. The minimum Gasteiger partial charge on any atom is -0.368 e. The van der Waals surface area contributed by atoms with Gasteiger partial charge >= 0.3 is 0 Å². The van der Waals surface area contributed by atoms with E-state index in [4.69, 9.17) is 4.74 Å². The minimum atomic E-state index is -0.348. The number of carbonyl (C=O) groups is 2. The van der Waals surface area contributed by atoms with Gasteiger partial charge in [-0.15, -0.1) is 0 Å². The molecule has 148 valence electrons. The van der Waals surface area contributed by atoms with Gasteiger partial charge in [-0.05, 0) is 48.9 Å². The van der Waals surface area contributed by atoms with E-state index in [2.05, 4.69) is 15.4 Å². The summed E-state index contributed by atoms with van der Waals surface area (Å²) in [5.41, 5.74) is 3.10. The van der Waals surface area contributed by atoms with Gasteiger partial charge in [0.05, 0.1) is 0 Å². The zero-order valence-corrected chi connectivity index (χ0v) is 15.8. The van der Waals surface area contributed by atoms with E-state index in [1.165, 1.54) is 11.9 Å². The van der Waals surface area contributed by atoms with Crippen molar-refractivity contribution in [1.82, 2.24) is 19.7 Å². The van der Waals surface area contributed by atoms with Crippen LogP contribution < -0.4 is 5.32 Å².